The largest absolute Gasteiger partial charge is 0.381 e. The Kier molecular flexibility index (Phi) is 2.81. The standard InChI is InChI=1S/C16H17ClN2O2/c1-10-11-3-2-4-12(17)14(11)18-13(10)15(20)19-7-16(8-19)5-6-21-9-16/h2-4,18H,5-9H2,1H3. The summed E-state index contributed by atoms with van der Waals surface area (Å²) in [5.74, 6) is 0.0669. The molecule has 0 saturated carbocycles. The van der Waals surface area contributed by atoms with Gasteiger partial charge in [-0.1, -0.05) is 23.7 Å². The number of hydrogen-bond acceptors (Lipinski definition) is 2. The van der Waals surface area contributed by atoms with Crippen molar-refractivity contribution in [3.63, 3.8) is 0 Å². The number of nitrogens with zero attached hydrogens (tertiary/aromatic N) is 1. The molecule has 2 fully saturated rings. The number of para-hydroxylation sites is 1. The number of aryl methyl sites for hydroxylation is 1. The average molecular weight is 305 g/mol. The predicted molar refractivity (Wildman–Crippen MR) is 81.8 cm³/mol. The van der Waals surface area contributed by atoms with Crippen molar-refractivity contribution < 1.29 is 9.53 Å². The minimum absolute atomic E-state index is 0.0669. The second-order valence-electron chi connectivity index (χ2n) is 6.25. The van der Waals surface area contributed by atoms with Crippen LogP contribution in [0.2, 0.25) is 5.02 Å². The molecule has 3 heterocycles. The molecule has 1 N–H and O–H groups in total. The van der Waals surface area contributed by atoms with Crippen molar-refractivity contribution in [1.82, 2.24) is 9.88 Å². The fourth-order valence-corrected chi connectivity index (χ4v) is 3.72. The Labute approximate surface area is 128 Å². The Morgan fingerprint density at radius 2 is 2.24 bits per heavy atom. The highest BCUT2D eigenvalue weighted by molar-refractivity contribution is 6.35. The lowest BCUT2D eigenvalue weighted by molar-refractivity contribution is -0.0000302. The van der Waals surface area contributed by atoms with Gasteiger partial charge in [-0.2, -0.15) is 0 Å². The molecule has 2 aliphatic heterocycles. The molecule has 4 rings (SSSR count). The van der Waals surface area contributed by atoms with Gasteiger partial charge in [0.05, 0.1) is 17.1 Å². The molecule has 1 spiro atoms. The smallest absolute Gasteiger partial charge is 0.270 e. The molecule has 1 amide bonds. The maximum atomic E-state index is 12.7. The van der Waals surface area contributed by atoms with Crippen LogP contribution in [-0.4, -0.2) is 42.1 Å². The number of H-pyrrole nitrogens is 1. The van der Waals surface area contributed by atoms with Gasteiger partial charge in [-0.15, -0.1) is 0 Å². The molecule has 0 unspecified atom stereocenters. The first kappa shape index (κ1) is 13.2. The summed E-state index contributed by atoms with van der Waals surface area (Å²) < 4.78 is 5.46. The highest BCUT2D eigenvalue weighted by Gasteiger charge is 2.48. The van der Waals surface area contributed by atoms with Crippen molar-refractivity contribution in [2.75, 3.05) is 26.3 Å². The van der Waals surface area contributed by atoms with Crippen LogP contribution in [0.4, 0.5) is 0 Å². The van der Waals surface area contributed by atoms with Gasteiger partial charge in [-0.3, -0.25) is 4.79 Å². The Morgan fingerprint density at radius 1 is 1.43 bits per heavy atom. The molecular formula is C16H17ClN2O2. The minimum atomic E-state index is 0.0669. The second-order valence-corrected chi connectivity index (χ2v) is 6.66. The van der Waals surface area contributed by atoms with Gasteiger partial charge >= 0.3 is 0 Å². The summed E-state index contributed by atoms with van der Waals surface area (Å²) in [4.78, 5) is 17.8. The molecule has 0 radical (unpaired) electrons. The molecule has 21 heavy (non-hydrogen) atoms. The maximum absolute atomic E-state index is 12.7. The average Bonchev–Trinajstić information content (AvgIpc) is 3.03. The van der Waals surface area contributed by atoms with E-state index in [0.717, 1.165) is 49.2 Å². The van der Waals surface area contributed by atoms with Gasteiger partial charge in [0, 0.05) is 30.5 Å². The van der Waals surface area contributed by atoms with Crippen LogP contribution < -0.4 is 0 Å². The third-order valence-electron chi connectivity index (χ3n) is 4.78. The summed E-state index contributed by atoms with van der Waals surface area (Å²) in [6.07, 6.45) is 1.06. The molecule has 0 atom stereocenters. The third-order valence-corrected chi connectivity index (χ3v) is 5.10. The van der Waals surface area contributed by atoms with Gasteiger partial charge < -0.3 is 14.6 Å². The molecule has 110 valence electrons. The summed E-state index contributed by atoms with van der Waals surface area (Å²) in [7, 11) is 0. The monoisotopic (exact) mass is 304 g/mol. The van der Waals surface area contributed by atoms with E-state index in [1.54, 1.807) is 0 Å². The lowest BCUT2D eigenvalue weighted by Crippen LogP contribution is -2.58. The fraction of sp³-hybridized carbons (Fsp3) is 0.438. The van der Waals surface area contributed by atoms with Crippen LogP contribution in [0.1, 0.15) is 22.5 Å². The molecule has 0 aliphatic carbocycles. The van der Waals surface area contributed by atoms with Gasteiger partial charge in [-0.25, -0.2) is 0 Å². The number of benzene rings is 1. The Balaban J connectivity index is 1.63. The highest BCUT2D eigenvalue weighted by atomic mass is 35.5. The summed E-state index contributed by atoms with van der Waals surface area (Å²) in [5.41, 5.74) is 2.69. The first-order chi connectivity index (χ1) is 10.1. The van der Waals surface area contributed by atoms with E-state index in [1.807, 2.05) is 30.0 Å². The molecule has 0 bridgehead atoms. The SMILES string of the molecule is Cc1c(C(=O)N2CC3(CCOC3)C2)[nH]c2c(Cl)cccc12. The van der Waals surface area contributed by atoms with Crippen molar-refractivity contribution in [3.8, 4) is 0 Å². The summed E-state index contributed by atoms with van der Waals surface area (Å²) in [6, 6.07) is 5.74. The number of likely N-dealkylation sites (tertiary alicyclic amines) is 1. The normalized spacial score (nSPS) is 20.2. The molecule has 2 aromatic rings. The zero-order valence-electron chi connectivity index (χ0n) is 11.9. The van der Waals surface area contributed by atoms with Crippen molar-refractivity contribution >= 4 is 28.4 Å². The van der Waals surface area contributed by atoms with Crippen LogP contribution in [-0.2, 0) is 4.74 Å². The highest BCUT2D eigenvalue weighted by Crippen LogP contribution is 2.39. The van der Waals surface area contributed by atoms with Crippen LogP contribution in [0, 0.1) is 12.3 Å². The number of carbonyl (C=O) groups excluding carboxylic acids is 1. The van der Waals surface area contributed by atoms with E-state index in [9.17, 15) is 4.79 Å². The fourth-order valence-electron chi connectivity index (χ4n) is 3.50. The van der Waals surface area contributed by atoms with Gasteiger partial charge in [-0.05, 0) is 25.0 Å². The quantitative estimate of drug-likeness (QED) is 0.880. The number of halogens is 1. The van der Waals surface area contributed by atoms with E-state index >= 15 is 0 Å². The Morgan fingerprint density at radius 3 is 2.90 bits per heavy atom. The predicted octanol–water partition coefficient (Wildman–Crippen LogP) is 2.99. The molecule has 1 aromatic heterocycles. The number of aromatic amines is 1. The first-order valence-corrected chi connectivity index (χ1v) is 7.61. The van der Waals surface area contributed by atoms with E-state index in [-0.39, 0.29) is 11.3 Å². The summed E-state index contributed by atoms with van der Waals surface area (Å²) >= 11 is 6.20. The zero-order valence-corrected chi connectivity index (χ0v) is 12.7. The lowest BCUT2D eigenvalue weighted by atomic mass is 9.79. The van der Waals surface area contributed by atoms with Crippen molar-refractivity contribution in [2.24, 2.45) is 5.41 Å². The number of rotatable bonds is 1. The van der Waals surface area contributed by atoms with E-state index in [2.05, 4.69) is 4.98 Å². The number of amides is 1. The van der Waals surface area contributed by atoms with Crippen LogP contribution in [0.15, 0.2) is 18.2 Å². The minimum Gasteiger partial charge on any atom is -0.381 e. The second kappa shape index (κ2) is 4.49. The van der Waals surface area contributed by atoms with Crippen LogP contribution in [0.3, 0.4) is 0 Å². The molecule has 2 saturated heterocycles. The Hall–Kier alpha value is -1.52. The van der Waals surface area contributed by atoms with Crippen molar-refractivity contribution in [2.45, 2.75) is 13.3 Å². The molecule has 4 nitrogen and oxygen atoms in total. The van der Waals surface area contributed by atoms with Gasteiger partial charge in [0.2, 0.25) is 0 Å². The van der Waals surface area contributed by atoms with E-state index in [1.165, 1.54) is 0 Å². The number of ether oxygens (including phenoxy) is 1. The molecule has 1 aromatic carbocycles. The molecular weight excluding hydrogens is 288 g/mol. The number of aromatic nitrogens is 1. The maximum Gasteiger partial charge on any atom is 0.270 e. The molecule has 5 heteroatoms. The summed E-state index contributed by atoms with van der Waals surface area (Å²) in [6.45, 7) is 5.18. The zero-order chi connectivity index (χ0) is 14.6. The number of nitrogens with one attached hydrogen (secondary N) is 1. The number of carbonyl (C=O) groups is 1. The van der Waals surface area contributed by atoms with Gasteiger partial charge in [0.1, 0.15) is 5.69 Å². The van der Waals surface area contributed by atoms with E-state index in [4.69, 9.17) is 16.3 Å². The lowest BCUT2D eigenvalue weighted by Gasteiger charge is -2.47. The van der Waals surface area contributed by atoms with Crippen molar-refractivity contribution in [3.05, 3.63) is 34.5 Å². The topological polar surface area (TPSA) is 45.3 Å². The van der Waals surface area contributed by atoms with Crippen LogP contribution in [0.25, 0.3) is 10.9 Å². The Bertz CT molecular complexity index is 723. The van der Waals surface area contributed by atoms with Crippen LogP contribution >= 0.6 is 11.6 Å². The van der Waals surface area contributed by atoms with Gasteiger partial charge in [0.25, 0.3) is 5.91 Å². The summed E-state index contributed by atoms with van der Waals surface area (Å²) in [5, 5.41) is 1.67. The van der Waals surface area contributed by atoms with E-state index < -0.39 is 0 Å². The van der Waals surface area contributed by atoms with E-state index in [0.29, 0.717) is 10.7 Å². The first-order valence-electron chi connectivity index (χ1n) is 7.23. The van der Waals surface area contributed by atoms with Crippen molar-refractivity contribution in [1.29, 1.82) is 0 Å². The number of hydrogen-bond donors (Lipinski definition) is 1. The van der Waals surface area contributed by atoms with Gasteiger partial charge in [0.15, 0.2) is 0 Å². The van der Waals surface area contributed by atoms with Crippen LogP contribution in [0.5, 0.6) is 0 Å². The number of fused-ring (bicyclic) bond motifs is 1. The third kappa shape index (κ3) is 1.89. The molecule has 2 aliphatic rings.